The number of aryl methyl sites for hydroxylation is 1. The molecule has 1 aromatic rings. The van der Waals surface area contributed by atoms with Gasteiger partial charge >= 0.3 is 0 Å². The summed E-state index contributed by atoms with van der Waals surface area (Å²) < 4.78 is 11.0. The summed E-state index contributed by atoms with van der Waals surface area (Å²) >= 11 is 0. The molecule has 0 aliphatic heterocycles. The molecule has 0 unspecified atom stereocenters. The Labute approximate surface area is 122 Å². The Morgan fingerprint density at radius 1 is 1.20 bits per heavy atom. The molecule has 114 valence electrons. The van der Waals surface area contributed by atoms with Crippen LogP contribution >= 0.6 is 0 Å². The van der Waals surface area contributed by atoms with Crippen LogP contribution in [0.1, 0.15) is 45.9 Å². The second-order valence-electron chi connectivity index (χ2n) is 6.27. The van der Waals surface area contributed by atoms with E-state index in [1.165, 1.54) is 5.56 Å². The molecule has 0 aliphatic rings. The van der Waals surface area contributed by atoms with Crippen LogP contribution in [0.2, 0.25) is 0 Å². The molecular weight excluding hydrogens is 252 g/mol. The lowest BCUT2D eigenvalue weighted by molar-refractivity contribution is 0.0542. The average Bonchev–Trinajstić information content (AvgIpc) is 2.32. The van der Waals surface area contributed by atoms with Crippen LogP contribution in [-0.4, -0.2) is 29.8 Å². The largest absolute Gasteiger partial charge is 0.475 e. The van der Waals surface area contributed by atoms with Gasteiger partial charge in [0.25, 0.3) is 0 Å². The number of pyridine rings is 1. The first-order chi connectivity index (χ1) is 9.28. The van der Waals surface area contributed by atoms with Gasteiger partial charge in [-0.1, -0.05) is 6.07 Å². The van der Waals surface area contributed by atoms with E-state index < -0.39 is 0 Å². The van der Waals surface area contributed by atoms with Gasteiger partial charge in [-0.05, 0) is 47.1 Å². The summed E-state index contributed by atoms with van der Waals surface area (Å²) in [5.74, 6) is 0.661. The Balaban J connectivity index is 2.46. The predicted octanol–water partition coefficient (Wildman–Crippen LogP) is 3.08. The van der Waals surface area contributed by atoms with E-state index >= 15 is 0 Å². The summed E-state index contributed by atoms with van der Waals surface area (Å²) in [5.41, 5.74) is 2.31. The third-order valence-electron chi connectivity index (χ3n) is 2.76. The van der Waals surface area contributed by atoms with Gasteiger partial charge in [-0.15, -0.1) is 0 Å². The number of hydrogen-bond acceptors (Lipinski definition) is 4. The molecule has 1 N–H and O–H groups in total. The average molecular weight is 280 g/mol. The van der Waals surface area contributed by atoms with Gasteiger partial charge < -0.3 is 14.8 Å². The SMILES string of the molecule is Cc1nc(OCCOC(C)C)ccc1CNC(C)(C)C. The van der Waals surface area contributed by atoms with Gasteiger partial charge in [0.1, 0.15) is 6.61 Å². The van der Waals surface area contributed by atoms with Crippen molar-refractivity contribution < 1.29 is 9.47 Å². The van der Waals surface area contributed by atoms with Crippen molar-refractivity contribution in [3.63, 3.8) is 0 Å². The molecule has 1 aromatic heterocycles. The van der Waals surface area contributed by atoms with Crippen molar-refractivity contribution in [2.75, 3.05) is 13.2 Å². The zero-order valence-corrected chi connectivity index (χ0v) is 13.6. The normalized spacial score (nSPS) is 11.9. The summed E-state index contributed by atoms with van der Waals surface area (Å²) in [6.07, 6.45) is 0.235. The minimum Gasteiger partial charge on any atom is -0.475 e. The molecule has 20 heavy (non-hydrogen) atoms. The van der Waals surface area contributed by atoms with Crippen molar-refractivity contribution >= 4 is 0 Å². The Morgan fingerprint density at radius 2 is 1.90 bits per heavy atom. The van der Waals surface area contributed by atoms with Gasteiger partial charge in [0.05, 0.1) is 12.7 Å². The maximum atomic E-state index is 5.58. The minimum atomic E-state index is 0.107. The fraction of sp³-hybridized carbons (Fsp3) is 0.688. The first-order valence-corrected chi connectivity index (χ1v) is 7.24. The molecule has 0 atom stereocenters. The number of hydrogen-bond donors (Lipinski definition) is 1. The van der Waals surface area contributed by atoms with Crippen LogP contribution in [0.3, 0.4) is 0 Å². The molecule has 0 bridgehead atoms. The van der Waals surface area contributed by atoms with Gasteiger partial charge in [-0.2, -0.15) is 0 Å². The number of nitrogens with one attached hydrogen (secondary N) is 1. The minimum absolute atomic E-state index is 0.107. The second-order valence-corrected chi connectivity index (χ2v) is 6.27. The number of ether oxygens (including phenoxy) is 2. The van der Waals surface area contributed by atoms with Crippen molar-refractivity contribution in [1.29, 1.82) is 0 Å². The smallest absolute Gasteiger partial charge is 0.213 e. The Kier molecular flexibility index (Phi) is 6.43. The van der Waals surface area contributed by atoms with Crippen molar-refractivity contribution in [3.8, 4) is 5.88 Å². The van der Waals surface area contributed by atoms with Crippen LogP contribution in [-0.2, 0) is 11.3 Å². The van der Waals surface area contributed by atoms with Gasteiger partial charge in [-0.3, -0.25) is 0 Å². The quantitative estimate of drug-likeness (QED) is 0.780. The fourth-order valence-corrected chi connectivity index (χ4v) is 1.62. The zero-order chi connectivity index (χ0) is 15.2. The highest BCUT2D eigenvalue weighted by atomic mass is 16.5. The summed E-state index contributed by atoms with van der Waals surface area (Å²) in [6.45, 7) is 14.4. The highest BCUT2D eigenvalue weighted by Gasteiger charge is 2.10. The molecule has 0 spiro atoms. The van der Waals surface area contributed by atoms with Gasteiger partial charge in [-0.25, -0.2) is 4.98 Å². The number of aromatic nitrogens is 1. The van der Waals surface area contributed by atoms with E-state index in [1.54, 1.807) is 0 Å². The van der Waals surface area contributed by atoms with Crippen LogP contribution in [0.4, 0.5) is 0 Å². The number of rotatable bonds is 7. The van der Waals surface area contributed by atoms with Gasteiger partial charge in [0.2, 0.25) is 5.88 Å². The van der Waals surface area contributed by atoms with Crippen LogP contribution in [0.25, 0.3) is 0 Å². The molecule has 0 saturated heterocycles. The van der Waals surface area contributed by atoms with Crippen molar-refractivity contribution in [3.05, 3.63) is 23.4 Å². The zero-order valence-electron chi connectivity index (χ0n) is 13.6. The summed E-state index contributed by atoms with van der Waals surface area (Å²) in [6, 6.07) is 3.99. The van der Waals surface area contributed by atoms with Gasteiger partial charge in [0.15, 0.2) is 0 Å². The molecule has 1 rings (SSSR count). The molecule has 4 nitrogen and oxygen atoms in total. The third-order valence-corrected chi connectivity index (χ3v) is 2.76. The molecule has 0 radical (unpaired) electrons. The lowest BCUT2D eigenvalue weighted by Gasteiger charge is -2.21. The molecule has 0 saturated carbocycles. The highest BCUT2D eigenvalue weighted by Crippen LogP contribution is 2.13. The third kappa shape index (κ3) is 6.87. The Hall–Kier alpha value is -1.13. The van der Waals surface area contributed by atoms with E-state index in [-0.39, 0.29) is 11.6 Å². The lowest BCUT2D eigenvalue weighted by atomic mass is 10.1. The Morgan fingerprint density at radius 3 is 2.45 bits per heavy atom. The topological polar surface area (TPSA) is 43.4 Å². The summed E-state index contributed by atoms with van der Waals surface area (Å²) in [7, 11) is 0. The predicted molar refractivity (Wildman–Crippen MR) is 82.1 cm³/mol. The van der Waals surface area contributed by atoms with Crippen molar-refractivity contribution in [1.82, 2.24) is 10.3 Å². The van der Waals surface area contributed by atoms with Crippen molar-refractivity contribution in [2.45, 2.75) is 59.7 Å². The van der Waals surface area contributed by atoms with Crippen LogP contribution < -0.4 is 10.1 Å². The van der Waals surface area contributed by atoms with Crippen LogP contribution in [0.5, 0.6) is 5.88 Å². The molecule has 0 amide bonds. The molecule has 4 heteroatoms. The monoisotopic (exact) mass is 280 g/mol. The Bertz CT molecular complexity index is 411. The van der Waals surface area contributed by atoms with E-state index in [2.05, 4.69) is 37.1 Å². The lowest BCUT2D eigenvalue weighted by Crippen LogP contribution is -2.35. The van der Waals surface area contributed by atoms with E-state index in [1.807, 2.05) is 26.8 Å². The summed E-state index contributed by atoms with van der Waals surface area (Å²) in [5, 5.41) is 3.46. The molecular formula is C16H28N2O2. The first-order valence-electron chi connectivity index (χ1n) is 7.24. The number of nitrogens with zero attached hydrogens (tertiary/aromatic N) is 1. The van der Waals surface area contributed by atoms with E-state index in [9.17, 15) is 0 Å². The molecule has 0 aliphatic carbocycles. The van der Waals surface area contributed by atoms with E-state index in [4.69, 9.17) is 9.47 Å². The molecule has 0 aromatic carbocycles. The maximum absolute atomic E-state index is 5.58. The molecule has 1 heterocycles. The van der Waals surface area contributed by atoms with E-state index in [0.717, 1.165) is 12.2 Å². The van der Waals surface area contributed by atoms with Crippen LogP contribution in [0, 0.1) is 6.92 Å². The standard InChI is InChI=1S/C16H28N2O2/c1-12(2)19-9-10-20-15-8-7-14(13(3)18-15)11-17-16(4,5)6/h7-8,12,17H,9-11H2,1-6H3. The molecule has 0 fully saturated rings. The fourth-order valence-electron chi connectivity index (χ4n) is 1.62. The van der Waals surface area contributed by atoms with Crippen LogP contribution in [0.15, 0.2) is 12.1 Å². The second kappa shape index (κ2) is 7.60. The van der Waals surface area contributed by atoms with Gasteiger partial charge in [0, 0.05) is 23.8 Å². The summed E-state index contributed by atoms with van der Waals surface area (Å²) in [4.78, 5) is 4.47. The highest BCUT2D eigenvalue weighted by molar-refractivity contribution is 5.25. The van der Waals surface area contributed by atoms with E-state index in [0.29, 0.717) is 19.1 Å². The maximum Gasteiger partial charge on any atom is 0.213 e. The first kappa shape index (κ1) is 16.9. The van der Waals surface area contributed by atoms with Crippen molar-refractivity contribution in [2.24, 2.45) is 0 Å².